The van der Waals surface area contributed by atoms with Crippen LogP contribution in [-0.2, 0) is 11.0 Å². The third kappa shape index (κ3) is 4.70. The first-order valence-corrected chi connectivity index (χ1v) is 11.0. The quantitative estimate of drug-likeness (QED) is 0.467. The molecule has 0 saturated carbocycles. The van der Waals surface area contributed by atoms with Crippen molar-refractivity contribution in [1.82, 2.24) is 14.8 Å². The summed E-state index contributed by atoms with van der Waals surface area (Å²) in [5, 5.41) is 13.5. The lowest BCUT2D eigenvalue weighted by Crippen LogP contribution is -2.18. The number of halogens is 3. The third-order valence-electron chi connectivity index (χ3n) is 4.55. The van der Waals surface area contributed by atoms with E-state index < -0.39 is 17.6 Å². The van der Waals surface area contributed by atoms with E-state index in [9.17, 15) is 18.0 Å². The van der Waals surface area contributed by atoms with Crippen LogP contribution in [0, 0.1) is 13.8 Å². The Balaban J connectivity index is 1.77. The minimum atomic E-state index is -4.54. The van der Waals surface area contributed by atoms with E-state index in [-0.39, 0.29) is 17.5 Å². The predicted octanol–water partition coefficient (Wildman–Crippen LogP) is 5.95. The topological polar surface area (TPSA) is 59.8 Å². The Kier molecular flexibility index (Phi) is 6.56. The highest BCUT2D eigenvalue weighted by Crippen LogP contribution is 2.35. The molecule has 0 unspecified atom stereocenters. The van der Waals surface area contributed by atoms with E-state index in [0.29, 0.717) is 5.16 Å². The summed E-state index contributed by atoms with van der Waals surface area (Å²) in [4.78, 5) is 13.5. The number of aromatic nitrogens is 3. The van der Waals surface area contributed by atoms with Crippen molar-refractivity contribution in [2.24, 2.45) is 0 Å². The van der Waals surface area contributed by atoms with Gasteiger partial charge in [0.25, 0.3) is 0 Å². The fourth-order valence-corrected chi connectivity index (χ4v) is 4.65. The Morgan fingerprint density at radius 3 is 2.53 bits per heavy atom. The molecule has 10 heteroatoms. The van der Waals surface area contributed by atoms with Gasteiger partial charge in [0.2, 0.25) is 5.91 Å². The maximum absolute atomic E-state index is 13.1. The molecule has 0 radical (unpaired) electrons. The van der Waals surface area contributed by atoms with Crippen LogP contribution in [0.15, 0.2) is 34.8 Å². The second-order valence-electron chi connectivity index (χ2n) is 6.98. The third-order valence-corrected chi connectivity index (χ3v) is 6.50. The first-order valence-electron chi connectivity index (χ1n) is 9.18. The zero-order chi connectivity index (χ0) is 22.1. The van der Waals surface area contributed by atoms with Crippen molar-refractivity contribution in [2.45, 2.75) is 45.1 Å². The van der Waals surface area contributed by atoms with Gasteiger partial charge in [-0.3, -0.25) is 9.36 Å². The lowest BCUT2D eigenvalue weighted by molar-refractivity contribution is -0.137. The van der Waals surface area contributed by atoms with Crippen LogP contribution in [0.3, 0.4) is 0 Å². The number of thioether (sulfide) groups is 1. The molecular weight excluding hydrogens is 433 g/mol. The number of rotatable bonds is 6. The minimum absolute atomic E-state index is 0.0473. The van der Waals surface area contributed by atoms with Gasteiger partial charge in [-0.05, 0) is 45.4 Å². The standard InChI is InChI=1S/C20H21F3N4OS2/c1-11(2)27-18(14-9-29-13(4)12(14)3)25-26-19(27)30-10-17(28)24-16-8-6-5-7-15(16)20(21,22)23/h5-9,11H,10H2,1-4H3,(H,24,28). The summed E-state index contributed by atoms with van der Waals surface area (Å²) in [5.74, 6) is 0.0925. The molecule has 30 heavy (non-hydrogen) atoms. The van der Waals surface area contributed by atoms with E-state index in [2.05, 4.69) is 15.5 Å². The molecule has 0 aliphatic rings. The molecule has 0 atom stereocenters. The van der Waals surface area contributed by atoms with Gasteiger partial charge in [-0.2, -0.15) is 13.2 Å². The number of hydrogen-bond acceptors (Lipinski definition) is 5. The van der Waals surface area contributed by atoms with E-state index >= 15 is 0 Å². The van der Waals surface area contributed by atoms with Gasteiger partial charge in [-0.25, -0.2) is 0 Å². The molecule has 0 aliphatic heterocycles. The number of nitrogens with zero attached hydrogens (tertiary/aromatic N) is 3. The average molecular weight is 455 g/mol. The molecule has 0 bridgehead atoms. The highest BCUT2D eigenvalue weighted by molar-refractivity contribution is 7.99. The van der Waals surface area contributed by atoms with E-state index in [4.69, 9.17) is 0 Å². The number of hydrogen-bond donors (Lipinski definition) is 1. The van der Waals surface area contributed by atoms with Crippen molar-refractivity contribution < 1.29 is 18.0 Å². The van der Waals surface area contributed by atoms with Crippen molar-refractivity contribution in [3.05, 3.63) is 45.6 Å². The molecule has 1 amide bonds. The molecule has 3 rings (SSSR count). The molecule has 0 fully saturated rings. The van der Waals surface area contributed by atoms with Crippen LogP contribution in [0.25, 0.3) is 11.4 Å². The lowest BCUT2D eigenvalue weighted by Gasteiger charge is -2.15. The zero-order valence-electron chi connectivity index (χ0n) is 16.9. The number of alkyl halides is 3. The van der Waals surface area contributed by atoms with Crippen LogP contribution in [0.4, 0.5) is 18.9 Å². The second kappa shape index (κ2) is 8.81. The molecule has 5 nitrogen and oxygen atoms in total. The SMILES string of the molecule is Cc1scc(-c2nnc(SCC(=O)Nc3ccccc3C(F)(F)F)n2C(C)C)c1C. The Labute approximate surface area is 180 Å². The smallest absolute Gasteiger partial charge is 0.325 e. The van der Waals surface area contributed by atoms with Crippen LogP contribution in [0.1, 0.15) is 35.9 Å². The molecule has 0 aliphatic carbocycles. The lowest BCUT2D eigenvalue weighted by atomic mass is 10.1. The fraction of sp³-hybridized carbons (Fsp3) is 0.350. The fourth-order valence-electron chi connectivity index (χ4n) is 2.91. The Morgan fingerprint density at radius 1 is 1.23 bits per heavy atom. The van der Waals surface area contributed by atoms with Crippen LogP contribution in [0.2, 0.25) is 0 Å². The highest BCUT2D eigenvalue weighted by atomic mass is 32.2. The molecule has 1 N–H and O–H groups in total. The first kappa shape index (κ1) is 22.4. The van der Waals surface area contributed by atoms with Crippen molar-refractivity contribution in [3.63, 3.8) is 0 Å². The summed E-state index contributed by atoms with van der Waals surface area (Å²) in [5.41, 5.74) is 0.992. The molecule has 160 valence electrons. The number of aryl methyl sites for hydroxylation is 1. The average Bonchev–Trinajstić information content (AvgIpc) is 3.23. The molecule has 0 saturated heterocycles. The zero-order valence-corrected chi connectivity index (χ0v) is 18.5. The van der Waals surface area contributed by atoms with Crippen molar-refractivity contribution in [2.75, 3.05) is 11.1 Å². The van der Waals surface area contributed by atoms with Gasteiger partial charge in [0, 0.05) is 21.9 Å². The Bertz CT molecular complexity index is 1060. The van der Waals surface area contributed by atoms with Gasteiger partial charge in [-0.1, -0.05) is 23.9 Å². The summed E-state index contributed by atoms with van der Waals surface area (Å²) >= 11 is 2.78. The number of thiophene rings is 1. The Morgan fingerprint density at radius 2 is 1.93 bits per heavy atom. The maximum Gasteiger partial charge on any atom is 0.418 e. The van der Waals surface area contributed by atoms with Gasteiger partial charge in [0.05, 0.1) is 17.0 Å². The van der Waals surface area contributed by atoms with Gasteiger partial charge in [0.15, 0.2) is 11.0 Å². The predicted molar refractivity (Wildman–Crippen MR) is 114 cm³/mol. The number of para-hydroxylation sites is 1. The van der Waals surface area contributed by atoms with E-state index in [1.54, 1.807) is 11.3 Å². The molecular formula is C20H21F3N4OS2. The number of carbonyl (C=O) groups excluding carboxylic acids is 1. The summed E-state index contributed by atoms with van der Waals surface area (Å²) in [6, 6.07) is 4.96. The number of benzene rings is 1. The van der Waals surface area contributed by atoms with Crippen LogP contribution >= 0.6 is 23.1 Å². The molecule has 2 heterocycles. The number of amides is 1. The minimum Gasteiger partial charge on any atom is -0.325 e. The van der Waals surface area contributed by atoms with Gasteiger partial charge >= 0.3 is 6.18 Å². The largest absolute Gasteiger partial charge is 0.418 e. The van der Waals surface area contributed by atoms with Gasteiger partial charge < -0.3 is 5.32 Å². The van der Waals surface area contributed by atoms with E-state index in [0.717, 1.165) is 34.8 Å². The van der Waals surface area contributed by atoms with Crippen molar-refractivity contribution >= 4 is 34.7 Å². The summed E-state index contributed by atoms with van der Waals surface area (Å²) in [7, 11) is 0. The van der Waals surface area contributed by atoms with E-state index in [1.165, 1.54) is 23.1 Å². The normalized spacial score (nSPS) is 11.9. The number of anilines is 1. The van der Waals surface area contributed by atoms with Crippen LogP contribution in [0.5, 0.6) is 0 Å². The summed E-state index contributed by atoms with van der Waals surface area (Å²) in [6.07, 6.45) is -4.54. The molecule has 2 aromatic heterocycles. The maximum atomic E-state index is 13.1. The van der Waals surface area contributed by atoms with E-state index in [1.807, 2.05) is 37.6 Å². The summed E-state index contributed by atoms with van der Waals surface area (Å²) in [6.45, 7) is 8.05. The van der Waals surface area contributed by atoms with Gasteiger partial charge in [-0.15, -0.1) is 21.5 Å². The van der Waals surface area contributed by atoms with Crippen LogP contribution in [-0.4, -0.2) is 26.4 Å². The Hall–Kier alpha value is -2.33. The van der Waals surface area contributed by atoms with Crippen molar-refractivity contribution in [1.29, 1.82) is 0 Å². The molecule has 1 aromatic carbocycles. The number of carbonyl (C=O) groups is 1. The number of nitrogens with one attached hydrogen (secondary N) is 1. The highest BCUT2D eigenvalue weighted by Gasteiger charge is 2.33. The second-order valence-corrected chi connectivity index (χ2v) is 9.01. The first-order chi connectivity index (χ1) is 14.1. The molecule has 3 aromatic rings. The van der Waals surface area contributed by atoms with Gasteiger partial charge in [0.1, 0.15) is 0 Å². The van der Waals surface area contributed by atoms with Crippen LogP contribution < -0.4 is 5.32 Å². The molecule has 0 spiro atoms. The summed E-state index contributed by atoms with van der Waals surface area (Å²) < 4.78 is 41.3. The monoisotopic (exact) mass is 454 g/mol. The van der Waals surface area contributed by atoms with Crippen molar-refractivity contribution in [3.8, 4) is 11.4 Å².